The van der Waals surface area contributed by atoms with Gasteiger partial charge in [-0.25, -0.2) is 0 Å². The molecule has 1 heterocycles. The van der Waals surface area contributed by atoms with Gasteiger partial charge in [0.05, 0.1) is 12.2 Å². The summed E-state index contributed by atoms with van der Waals surface area (Å²) in [4.78, 5) is 0. The topological polar surface area (TPSA) is 18.5 Å². The van der Waals surface area contributed by atoms with E-state index in [1.165, 1.54) is 0 Å². The van der Waals surface area contributed by atoms with Crippen LogP contribution in [0.1, 0.15) is 23.3 Å². The Morgan fingerprint density at radius 1 is 0.522 bits per heavy atom. The van der Waals surface area contributed by atoms with Gasteiger partial charge >= 0.3 is 7.12 Å². The third-order valence-corrected chi connectivity index (χ3v) is 4.14. The van der Waals surface area contributed by atoms with Crippen molar-refractivity contribution in [3.05, 3.63) is 102 Å². The summed E-state index contributed by atoms with van der Waals surface area (Å²) >= 11 is 0. The second kappa shape index (κ2) is 6.41. The Labute approximate surface area is 136 Å². The van der Waals surface area contributed by atoms with Gasteiger partial charge in [0.15, 0.2) is 0 Å². The molecule has 2 nitrogen and oxygen atoms in total. The van der Waals surface area contributed by atoms with Gasteiger partial charge in [-0.2, -0.15) is 0 Å². The van der Waals surface area contributed by atoms with Crippen LogP contribution in [0.25, 0.3) is 0 Å². The van der Waals surface area contributed by atoms with Crippen LogP contribution in [0.2, 0.25) is 0 Å². The van der Waals surface area contributed by atoms with Gasteiger partial charge in [0.25, 0.3) is 0 Å². The van der Waals surface area contributed by atoms with Crippen LogP contribution < -0.4 is 5.46 Å². The fourth-order valence-electron chi connectivity index (χ4n) is 3.00. The molecule has 3 heteroatoms. The molecule has 1 aliphatic rings. The lowest BCUT2D eigenvalue weighted by molar-refractivity contribution is 0.159. The third-order valence-electron chi connectivity index (χ3n) is 4.14. The van der Waals surface area contributed by atoms with Gasteiger partial charge in [0.1, 0.15) is 0 Å². The Morgan fingerprint density at radius 2 is 0.913 bits per heavy atom. The van der Waals surface area contributed by atoms with E-state index >= 15 is 0 Å². The predicted octanol–water partition coefficient (Wildman–Crippen LogP) is 3.91. The first kappa shape index (κ1) is 14.3. The maximum Gasteiger partial charge on any atom is 0.494 e. The quantitative estimate of drug-likeness (QED) is 0.683. The van der Waals surface area contributed by atoms with Gasteiger partial charge in [-0.05, 0) is 16.6 Å². The zero-order valence-electron chi connectivity index (χ0n) is 12.7. The van der Waals surface area contributed by atoms with Crippen LogP contribution in [0.5, 0.6) is 0 Å². The van der Waals surface area contributed by atoms with Crippen molar-refractivity contribution in [3.63, 3.8) is 0 Å². The van der Waals surface area contributed by atoms with Gasteiger partial charge in [0.2, 0.25) is 0 Å². The third kappa shape index (κ3) is 2.94. The number of benzene rings is 3. The average molecular weight is 300 g/mol. The first-order chi connectivity index (χ1) is 11.4. The SMILES string of the molecule is c1ccc(B2O[C@H](c3ccccc3)[C@@H](c3ccccc3)O2)cc1. The molecule has 4 rings (SSSR count). The summed E-state index contributed by atoms with van der Waals surface area (Å²) in [5.41, 5.74) is 3.33. The maximum absolute atomic E-state index is 6.28. The second-order valence-corrected chi connectivity index (χ2v) is 5.68. The molecule has 1 aliphatic heterocycles. The Balaban J connectivity index is 1.70. The first-order valence-corrected chi connectivity index (χ1v) is 7.87. The smallest absolute Gasteiger partial charge is 0.397 e. The summed E-state index contributed by atoms with van der Waals surface area (Å²) in [5.74, 6) is 0. The molecule has 0 aromatic heterocycles. The summed E-state index contributed by atoms with van der Waals surface area (Å²) in [5, 5.41) is 0. The molecule has 0 saturated carbocycles. The molecule has 23 heavy (non-hydrogen) atoms. The van der Waals surface area contributed by atoms with E-state index in [-0.39, 0.29) is 19.3 Å². The monoisotopic (exact) mass is 300 g/mol. The molecule has 3 aromatic carbocycles. The maximum atomic E-state index is 6.28. The summed E-state index contributed by atoms with van der Waals surface area (Å²) in [7, 11) is -0.341. The van der Waals surface area contributed by atoms with Crippen molar-refractivity contribution in [2.45, 2.75) is 12.2 Å². The van der Waals surface area contributed by atoms with Crippen molar-refractivity contribution in [1.82, 2.24) is 0 Å². The van der Waals surface area contributed by atoms with Crippen LogP contribution in [0.3, 0.4) is 0 Å². The lowest BCUT2D eigenvalue weighted by atomic mass is 9.79. The highest BCUT2D eigenvalue weighted by Gasteiger charge is 2.42. The van der Waals surface area contributed by atoms with Crippen molar-refractivity contribution in [1.29, 1.82) is 0 Å². The van der Waals surface area contributed by atoms with Crippen molar-refractivity contribution in [2.75, 3.05) is 0 Å². The van der Waals surface area contributed by atoms with Gasteiger partial charge < -0.3 is 9.31 Å². The summed E-state index contributed by atoms with van der Waals surface area (Å²) in [6.45, 7) is 0. The zero-order valence-corrected chi connectivity index (χ0v) is 12.7. The van der Waals surface area contributed by atoms with Gasteiger partial charge in [-0.1, -0.05) is 91.0 Å². The summed E-state index contributed by atoms with van der Waals surface area (Å²) in [6, 6.07) is 30.7. The van der Waals surface area contributed by atoms with Gasteiger partial charge in [-0.15, -0.1) is 0 Å². The highest BCUT2D eigenvalue weighted by atomic mass is 16.7. The minimum Gasteiger partial charge on any atom is -0.397 e. The van der Waals surface area contributed by atoms with Crippen molar-refractivity contribution < 1.29 is 9.31 Å². The number of hydrogen-bond acceptors (Lipinski definition) is 2. The van der Waals surface area contributed by atoms with Crippen LogP contribution in [0, 0.1) is 0 Å². The fraction of sp³-hybridized carbons (Fsp3) is 0.100. The van der Waals surface area contributed by atoms with E-state index < -0.39 is 0 Å². The lowest BCUT2D eigenvalue weighted by Gasteiger charge is -2.19. The lowest BCUT2D eigenvalue weighted by Crippen LogP contribution is -2.31. The molecule has 0 bridgehead atoms. The minimum absolute atomic E-state index is 0.108. The molecule has 1 fully saturated rings. The van der Waals surface area contributed by atoms with Crippen LogP contribution in [-0.4, -0.2) is 7.12 Å². The van der Waals surface area contributed by atoms with E-state index in [0.29, 0.717) is 0 Å². The zero-order chi connectivity index (χ0) is 15.5. The molecule has 0 aliphatic carbocycles. The second-order valence-electron chi connectivity index (χ2n) is 5.68. The highest BCUT2D eigenvalue weighted by molar-refractivity contribution is 6.61. The van der Waals surface area contributed by atoms with Crippen molar-refractivity contribution in [2.24, 2.45) is 0 Å². The van der Waals surface area contributed by atoms with Crippen LogP contribution >= 0.6 is 0 Å². The van der Waals surface area contributed by atoms with E-state index in [1.807, 2.05) is 66.7 Å². The summed E-state index contributed by atoms with van der Waals surface area (Å²) in [6.07, 6.45) is -0.215. The normalized spacial score (nSPS) is 20.6. The fourth-order valence-corrected chi connectivity index (χ4v) is 3.00. The number of hydrogen-bond donors (Lipinski definition) is 0. The molecule has 0 radical (unpaired) electrons. The molecule has 2 atom stereocenters. The molecular formula is C20H17BO2. The molecule has 112 valence electrons. The molecule has 0 spiro atoms. The predicted molar refractivity (Wildman–Crippen MR) is 92.4 cm³/mol. The minimum atomic E-state index is -0.341. The summed E-state index contributed by atoms with van der Waals surface area (Å²) < 4.78 is 12.6. The Bertz CT molecular complexity index is 699. The van der Waals surface area contributed by atoms with E-state index in [0.717, 1.165) is 16.6 Å². The largest absolute Gasteiger partial charge is 0.494 e. The van der Waals surface area contributed by atoms with E-state index in [4.69, 9.17) is 9.31 Å². The average Bonchev–Trinajstić information content (AvgIpc) is 3.09. The van der Waals surface area contributed by atoms with E-state index in [1.54, 1.807) is 0 Å². The van der Waals surface area contributed by atoms with Gasteiger partial charge in [0, 0.05) is 0 Å². The molecule has 0 N–H and O–H groups in total. The Hall–Kier alpha value is -2.36. The highest BCUT2D eigenvalue weighted by Crippen LogP contribution is 2.41. The van der Waals surface area contributed by atoms with E-state index in [9.17, 15) is 0 Å². The van der Waals surface area contributed by atoms with Gasteiger partial charge in [-0.3, -0.25) is 0 Å². The van der Waals surface area contributed by atoms with Crippen molar-refractivity contribution in [3.8, 4) is 0 Å². The molecular weight excluding hydrogens is 283 g/mol. The van der Waals surface area contributed by atoms with Crippen LogP contribution in [0.4, 0.5) is 0 Å². The molecule has 0 unspecified atom stereocenters. The van der Waals surface area contributed by atoms with Crippen LogP contribution in [-0.2, 0) is 9.31 Å². The van der Waals surface area contributed by atoms with Crippen molar-refractivity contribution >= 4 is 12.6 Å². The van der Waals surface area contributed by atoms with E-state index in [2.05, 4.69) is 24.3 Å². The Kier molecular flexibility index (Phi) is 3.97. The molecule has 3 aromatic rings. The number of rotatable bonds is 3. The standard InChI is InChI=1S/C20H17BO2/c1-4-10-16(11-5-1)19-20(17-12-6-2-7-13-17)23-21(22-19)18-14-8-3-9-15-18/h1-15,19-20H/t19-,20-/m1/s1. The molecule has 1 saturated heterocycles. The molecule has 0 amide bonds. The first-order valence-electron chi connectivity index (χ1n) is 7.87. The van der Waals surface area contributed by atoms with Crippen LogP contribution in [0.15, 0.2) is 91.0 Å². The Morgan fingerprint density at radius 3 is 1.35 bits per heavy atom.